The van der Waals surface area contributed by atoms with Gasteiger partial charge in [-0.05, 0) is 18.2 Å². The van der Waals surface area contributed by atoms with Gasteiger partial charge in [0.05, 0.1) is 5.56 Å². The van der Waals surface area contributed by atoms with Crippen molar-refractivity contribution in [3.8, 4) is 0 Å². The average molecular weight is 341 g/mol. The van der Waals surface area contributed by atoms with E-state index in [-0.39, 0.29) is 5.69 Å². The molecule has 1 aromatic rings. The first-order valence-corrected chi connectivity index (χ1v) is 6.10. The molecule has 10 heteroatoms. The number of benzene rings is 1. The molecule has 1 rings (SSSR count). The van der Waals surface area contributed by atoms with E-state index in [1.165, 1.54) is 14.1 Å². The van der Waals surface area contributed by atoms with Crippen LogP contribution in [0.25, 0.3) is 0 Å². The molecule has 0 fully saturated rings. The number of allylic oxidation sites excluding steroid dienone is 1. The number of urea groups is 1. The number of carbonyl (C=O) groups excluding carboxylic acids is 1. The molecule has 128 valence electrons. The van der Waals surface area contributed by atoms with Crippen LogP contribution in [0.4, 0.5) is 36.8 Å². The maximum atomic E-state index is 12.7. The van der Waals surface area contributed by atoms with E-state index in [2.05, 4.69) is 0 Å². The highest BCUT2D eigenvalue weighted by molar-refractivity contribution is 5.90. The molecule has 0 aliphatic rings. The molecular weight excluding hydrogens is 328 g/mol. The summed E-state index contributed by atoms with van der Waals surface area (Å²) in [5.74, 6) is 0. The Morgan fingerprint density at radius 3 is 2.22 bits per heavy atom. The number of nitrogens with zero attached hydrogens (tertiary/aromatic N) is 1. The first-order valence-electron chi connectivity index (χ1n) is 6.10. The van der Waals surface area contributed by atoms with Crippen molar-refractivity contribution >= 4 is 11.7 Å². The van der Waals surface area contributed by atoms with E-state index in [9.17, 15) is 31.1 Å². The fourth-order valence-electron chi connectivity index (χ4n) is 1.49. The van der Waals surface area contributed by atoms with Gasteiger partial charge in [0.15, 0.2) is 0 Å². The van der Waals surface area contributed by atoms with E-state index in [0.717, 1.165) is 23.1 Å². The van der Waals surface area contributed by atoms with Gasteiger partial charge in [-0.1, -0.05) is 6.07 Å². The molecule has 0 saturated carbocycles. The third kappa shape index (κ3) is 6.09. The van der Waals surface area contributed by atoms with Crippen molar-refractivity contribution in [2.45, 2.75) is 12.4 Å². The van der Waals surface area contributed by atoms with Crippen LogP contribution in [0.1, 0.15) is 5.56 Å². The van der Waals surface area contributed by atoms with E-state index in [1.54, 1.807) is 5.32 Å². The number of hydrogen-bond donors (Lipinski definition) is 2. The summed E-state index contributed by atoms with van der Waals surface area (Å²) >= 11 is 0. The topological polar surface area (TPSA) is 44.4 Å². The number of halogens is 6. The molecule has 0 heterocycles. The predicted molar refractivity (Wildman–Crippen MR) is 71.4 cm³/mol. The summed E-state index contributed by atoms with van der Waals surface area (Å²) in [6, 6.07) is 2.23. The Balaban J connectivity index is 2.88. The average Bonchev–Trinajstić information content (AvgIpc) is 2.35. The van der Waals surface area contributed by atoms with E-state index in [1.807, 2.05) is 5.32 Å². The Labute approximate surface area is 127 Å². The molecule has 0 aromatic heterocycles. The molecule has 0 aliphatic carbocycles. The van der Waals surface area contributed by atoms with E-state index in [0.29, 0.717) is 12.3 Å². The highest BCUT2D eigenvalue weighted by Gasteiger charge is 2.35. The highest BCUT2D eigenvalue weighted by atomic mass is 19.4. The van der Waals surface area contributed by atoms with E-state index >= 15 is 0 Å². The van der Waals surface area contributed by atoms with Crippen molar-refractivity contribution in [2.75, 3.05) is 19.4 Å². The van der Waals surface area contributed by atoms with E-state index < -0.39 is 29.6 Å². The van der Waals surface area contributed by atoms with Gasteiger partial charge in [0.2, 0.25) is 0 Å². The molecule has 0 spiro atoms. The summed E-state index contributed by atoms with van der Waals surface area (Å²) in [5.41, 5.74) is -2.68. The maximum absolute atomic E-state index is 12.7. The summed E-state index contributed by atoms with van der Waals surface area (Å²) in [5, 5.41) is 3.48. The van der Waals surface area contributed by atoms with Crippen molar-refractivity contribution in [1.29, 1.82) is 0 Å². The summed E-state index contributed by atoms with van der Waals surface area (Å²) in [6.07, 6.45) is -8.82. The lowest BCUT2D eigenvalue weighted by atomic mass is 10.2. The zero-order chi connectivity index (χ0) is 17.8. The van der Waals surface area contributed by atoms with Gasteiger partial charge in [-0.15, -0.1) is 0 Å². The van der Waals surface area contributed by atoms with Crippen LogP contribution < -0.4 is 10.6 Å². The normalized spacial score (nSPS) is 12.8. The van der Waals surface area contributed by atoms with Gasteiger partial charge in [0.1, 0.15) is 5.70 Å². The molecule has 0 bridgehead atoms. The third-order valence-corrected chi connectivity index (χ3v) is 2.39. The van der Waals surface area contributed by atoms with Gasteiger partial charge in [0, 0.05) is 26.0 Å². The SMILES string of the molecule is CN(C)C=C(NC(=O)Nc1cccc(C(F)(F)F)c1)C(F)(F)F. The molecule has 2 N–H and O–H groups in total. The largest absolute Gasteiger partial charge is 0.432 e. The highest BCUT2D eigenvalue weighted by Crippen LogP contribution is 2.30. The second kappa shape index (κ2) is 6.80. The number of rotatable bonds is 3. The monoisotopic (exact) mass is 341 g/mol. The molecule has 0 radical (unpaired) electrons. The minimum atomic E-state index is -4.82. The molecular formula is C13H13F6N3O. The molecule has 0 unspecified atom stereocenters. The van der Waals surface area contributed by atoms with Crippen LogP contribution in [0.2, 0.25) is 0 Å². The lowest BCUT2D eigenvalue weighted by Gasteiger charge is -2.16. The lowest BCUT2D eigenvalue weighted by molar-refractivity contribution is -0.137. The predicted octanol–water partition coefficient (Wildman–Crippen LogP) is 3.79. The van der Waals surface area contributed by atoms with Crippen LogP contribution in [-0.2, 0) is 6.18 Å². The third-order valence-electron chi connectivity index (χ3n) is 2.39. The molecule has 2 amide bonds. The van der Waals surface area contributed by atoms with Crippen LogP contribution in [-0.4, -0.2) is 31.2 Å². The van der Waals surface area contributed by atoms with Crippen LogP contribution >= 0.6 is 0 Å². The lowest BCUT2D eigenvalue weighted by Crippen LogP contribution is -2.35. The molecule has 1 aromatic carbocycles. The fraction of sp³-hybridized carbons (Fsp3) is 0.308. The van der Waals surface area contributed by atoms with Crippen LogP contribution in [0.5, 0.6) is 0 Å². The number of amides is 2. The Morgan fingerprint density at radius 1 is 1.13 bits per heavy atom. The zero-order valence-electron chi connectivity index (χ0n) is 12.0. The van der Waals surface area contributed by atoms with Crippen molar-refractivity contribution < 1.29 is 31.1 Å². The van der Waals surface area contributed by atoms with Crippen molar-refractivity contribution in [3.63, 3.8) is 0 Å². The Kier molecular flexibility index (Phi) is 5.51. The van der Waals surface area contributed by atoms with Gasteiger partial charge < -0.3 is 15.5 Å². The first kappa shape index (κ1) is 18.7. The van der Waals surface area contributed by atoms with Gasteiger partial charge in [0.25, 0.3) is 0 Å². The van der Waals surface area contributed by atoms with Crippen molar-refractivity contribution in [2.24, 2.45) is 0 Å². The fourth-order valence-corrected chi connectivity index (χ4v) is 1.49. The standard InChI is InChI=1S/C13H13F6N3O/c1-22(2)7-10(13(17,18)19)21-11(23)20-9-5-3-4-8(6-9)12(14,15)16/h3-7H,1-2H3,(H2,20,21,23). The van der Waals surface area contributed by atoms with Gasteiger partial charge in [-0.25, -0.2) is 4.79 Å². The number of anilines is 1. The number of hydrogen-bond acceptors (Lipinski definition) is 2. The minimum Gasteiger partial charge on any atom is -0.382 e. The van der Waals surface area contributed by atoms with Crippen molar-refractivity contribution in [1.82, 2.24) is 10.2 Å². The first-order chi connectivity index (χ1) is 10.4. The maximum Gasteiger partial charge on any atom is 0.432 e. The number of alkyl halides is 6. The molecule has 0 atom stereocenters. The quantitative estimate of drug-likeness (QED) is 0.822. The number of nitrogens with one attached hydrogen (secondary N) is 2. The van der Waals surface area contributed by atoms with Gasteiger partial charge in [-0.3, -0.25) is 0 Å². The molecule has 4 nitrogen and oxygen atoms in total. The smallest absolute Gasteiger partial charge is 0.382 e. The van der Waals surface area contributed by atoms with E-state index in [4.69, 9.17) is 0 Å². The molecule has 0 aliphatic heterocycles. The van der Waals surface area contributed by atoms with Gasteiger partial charge >= 0.3 is 18.4 Å². The number of carbonyl (C=O) groups is 1. The summed E-state index contributed by atoms with van der Waals surface area (Å²) in [6.45, 7) is 0. The zero-order valence-corrected chi connectivity index (χ0v) is 12.0. The van der Waals surface area contributed by atoms with Crippen molar-refractivity contribution in [3.05, 3.63) is 41.7 Å². The second-order valence-corrected chi connectivity index (χ2v) is 4.66. The summed E-state index contributed by atoms with van der Waals surface area (Å²) in [4.78, 5) is 12.6. The minimum absolute atomic E-state index is 0.288. The Hall–Kier alpha value is -2.39. The van der Waals surface area contributed by atoms with Crippen LogP contribution in [0.15, 0.2) is 36.2 Å². The van der Waals surface area contributed by atoms with Gasteiger partial charge in [-0.2, -0.15) is 26.3 Å². The molecule has 23 heavy (non-hydrogen) atoms. The van der Waals surface area contributed by atoms with Crippen LogP contribution in [0.3, 0.4) is 0 Å². The second-order valence-electron chi connectivity index (χ2n) is 4.66. The Morgan fingerprint density at radius 2 is 1.74 bits per heavy atom. The summed E-state index contributed by atoms with van der Waals surface area (Å²) in [7, 11) is 2.64. The summed E-state index contributed by atoms with van der Waals surface area (Å²) < 4.78 is 75.7. The van der Waals surface area contributed by atoms with Crippen LogP contribution in [0, 0.1) is 0 Å². The molecule has 0 saturated heterocycles. The Bertz CT molecular complexity index is 592.